The largest absolute Gasteiger partial charge is 0.320 e. The number of hydrogen-bond donors (Lipinski definition) is 0. The highest BCUT2D eigenvalue weighted by Gasteiger charge is 2.04. The topological polar surface area (TPSA) is 17.3 Å². The summed E-state index contributed by atoms with van der Waals surface area (Å²) >= 11 is 7.45. The van der Waals surface area contributed by atoms with Gasteiger partial charge in [0.25, 0.3) is 0 Å². The highest BCUT2D eigenvalue weighted by atomic mass is 35.5. The molecule has 0 amide bonds. The van der Waals surface area contributed by atoms with Crippen molar-refractivity contribution in [3.63, 3.8) is 0 Å². The molecule has 0 aliphatic rings. The zero-order valence-corrected chi connectivity index (χ0v) is 12.8. The lowest BCUT2D eigenvalue weighted by Gasteiger charge is -2.02. The Kier molecular flexibility index (Phi) is 3.90. The van der Waals surface area contributed by atoms with Crippen molar-refractivity contribution >= 4 is 28.6 Å². The lowest BCUT2D eigenvalue weighted by molar-refractivity contribution is 0.628. The predicted octanol–water partition coefficient (Wildman–Crippen LogP) is 4.78. The van der Waals surface area contributed by atoms with Crippen LogP contribution < -0.4 is 4.80 Å². The molecule has 0 N–H and O–H groups in total. The molecule has 0 bridgehead atoms. The number of hydrogen-bond acceptors (Lipinski definition) is 2. The molecule has 3 rings (SSSR count). The van der Waals surface area contributed by atoms with E-state index in [1.165, 1.54) is 12.1 Å². The average molecular weight is 319 g/mol. The van der Waals surface area contributed by atoms with E-state index in [-0.39, 0.29) is 5.82 Å². The van der Waals surface area contributed by atoms with Crippen LogP contribution in [-0.4, -0.2) is 4.57 Å². The SMILES string of the molecule is Cn1c(-c2ccc(Cl)cc2)csc1=Nc1ccc(F)cc1. The van der Waals surface area contributed by atoms with E-state index in [2.05, 4.69) is 4.99 Å². The van der Waals surface area contributed by atoms with Gasteiger partial charge in [-0.25, -0.2) is 9.38 Å². The molecule has 0 fully saturated rings. The molecule has 21 heavy (non-hydrogen) atoms. The number of benzene rings is 2. The van der Waals surface area contributed by atoms with Crippen LogP contribution in [0.2, 0.25) is 5.02 Å². The van der Waals surface area contributed by atoms with Crippen LogP contribution >= 0.6 is 22.9 Å². The summed E-state index contributed by atoms with van der Waals surface area (Å²) in [7, 11) is 1.96. The number of rotatable bonds is 2. The molecule has 0 unspecified atom stereocenters. The summed E-state index contributed by atoms with van der Waals surface area (Å²) in [5.41, 5.74) is 2.88. The van der Waals surface area contributed by atoms with Crippen LogP contribution in [0.4, 0.5) is 10.1 Å². The van der Waals surface area contributed by atoms with Crippen LogP contribution in [0.25, 0.3) is 11.3 Å². The number of nitrogens with zero attached hydrogens (tertiary/aromatic N) is 2. The summed E-state index contributed by atoms with van der Waals surface area (Å²) in [6, 6.07) is 13.8. The van der Waals surface area contributed by atoms with Crippen molar-refractivity contribution in [3.05, 3.63) is 69.6 Å². The van der Waals surface area contributed by atoms with E-state index in [1.807, 2.05) is 41.3 Å². The Balaban J connectivity index is 2.02. The molecule has 0 saturated carbocycles. The minimum absolute atomic E-state index is 0.258. The van der Waals surface area contributed by atoms with Crippen molar-refractivity contribution in [2.45, 2.75) is 0 Å². The van der Waals surface area contributed by atoms with Crippen molar-refractivity contribution in [1.82, 2.24) is 4.57 Å². The molecule has 0 atom stereocenters. The van der Waals surface area contributed by atoms with Crippen molar-refractivity contribution in [3.8, 4) is 11.3 Å². The number of halogens is 2. The van der Waals surface area contributed by atoms with E-state index >= 15 is 0 Å². The maximum absolute atomic E-state index is 12.9. The third-order valence-corrected chi connectivity index (χ3v) is 4.28. The normalized spacial score (nSPS) is 11.9. The van der Waals surface area contributed by atoms with Crippen molar-refractivity contribution < 1.29 is 4.39 Å². The molecule has 0 radical (unpaired) electrons. The molecule has 2 nitrogen and oxygen atoms in total. The highest BCUT2D eigenvalue weighted by molar-refractivity contribution is 7.07. The molecule has 0 aliphatic heterocycles. The van der Waals surface area contributed by atoms with Crippen LogP contribution in [0.5, 0.6) is 0 Å². The van der Waals surface area contributed by atoms with Crippen molar-refractivity contribution in [1.29, 1.82) is 0 Å². The van der Waals surface area contributed by atoms with Gasteiger partial charge in [0.2, 0.25) is 0 Å². The molecule has 1 aromatic heterocycles. The average Bonchev–Trinajstić information content (AvgIpc) is 2.84. The van der Waals surface area contributed by atoms with Gasteiger partial charge in [-0.1, -0.05) is 23.7 Å². The van der Waals surface area contributed by atoms with E-state index in [0.717, 1.165) is 21.7 Å². The fourth-order valence-corrected chi connectivity index (χ4v) is 3.03. The lowest BCUT2D eigenvalue weighted by Crippen LogP contribution is -2.10. The lowest BCUT2D eigenvalue weighted by atomic mass is 10.2. The van der Waals surface area contributed by atoms with E-state index in [1.54, 1.807) is 23.5 Å². The van der Waals surface area contributed by atoms with Gasteiger partial charge >= 0.3 is 0 Å². The standard InChI is InChI=1S/C16H12ClFN2S/c1-20-15(11-2-4-12(17)5-3-11)10-21-16(20)19-14-8-6-13(18)7-9-14/h2-10H,1H3. The minimum atomic E-state index is -0.258. The van der Waals surface area contributed by atoms with Gasteiger partial charge < -0.3 is 4.57 Å². The first-order valence-corrected chi connectivity index (χ1v) is 7.60. The second-order valence-electron chi connectivity index (χ2n) is 4.56. The quantitative estimate of drug-likeness (QED) is 0.647. The Hall–Kier alpha value is -1.91. The molecule has 0 saturated heterocycles. The van der Waals surface area contributed by atoms with Crippen molar-refractivity contribution in [2.75, 3.05) is 0 Å². The summed E-state index contributed by atoms with van der Waals surface area (Å²) in [4.78, 5) is 5.39. The van der Waals surface area contributed by atoms with E-state index in [0.29, 0.717) is 5.02 Å². The first kappa shape index (κ1) is 14.0. The maximum Gasteiger partial charge on any atom is 0.190 e. The Morgan fingerprint density at radius 3 is 2.38 bits per heavy atom. The Bertz CT molecular complexity index is 817. The highest BCUT2D eigenvalue weighted by Crippen LogP contribution is 2.22. The van der Waals surface area contributed by atoms with Crippen LogP contribution in [-0.2, 0) is 7.05 Å². The van der Waals surface area contributed by atoms with Crippen LogP contribution in [0, 0.1) is 5.82 Å². The number of thiazole rings is 1. The summed E-state index contributed by atoms with van der Waals surface area (Å²) in [6.07, 6.45) is 0. The van der Waals surface area contributed by atoms with Gasteiger partial charge in [-0.15, -0.1) is 11.3 Å². The molecule has 3 aromatic rings. The van der Waals surface area contributed by atoms with Gasteiger partial charge in [-0.2, -0.15) is 0 Å². The van der Waals surface area contributed by atoms with E-state index in [4.69, 9.17) is 11.6 Å². The number of aromatic nitrogens is 1. The van der Waals surface area contributed by atoms with Gasteiger partial charge in [0.15, 0.2) is 4.80 Å². The molecular formula is C16H12ClFN2S. The molecule has 106 valence electrons. The second kappa shape index (κ2) is 5.84. The smallest absolute Gasteiger partial charge is 0.190 e. The van der Waals surface area contributed by atoms with E-state index < -0.39 is 0 Å². The molecule has 5 heteroatoms. The fourth-order valence-electron chi connectivity index (χ4n) is 1.98. The minimum Gasteiger partial charge on any atom is -0.320 e. The molecule has 0 aliphatic carbocycles. The van der Waals surface area contributed by atoms with Crippen LogP contribution in [0.3, 0.4) is 0 Å². The summed E-state index contributed by atoms with van der Waals surface area (Å²) < 4.78 is 14.9. The Morgan fingerprint density at radius 1 is 1.05 bits per heavy atom. The van der Waals surface area contributed by atoms with Gasteiger partial charge in [0, 0.05) is 17.5 Å². The van der Waals surface area contributed by atoms with Gasteiger partial charge in [-0.3, -0.25) is 0 Å². The molecule has 1 heterocycles. The maximum atomic E-state index is 12.9. The zero-order chi connectivity index (χ0) is 14.8. The van der Waals surface area contributed by atoms with Gasteiger partial charge in [-0.05, 0) is 42.0 Å². The third-order valence-electron chi connectivity index (χ3n) is 3.12. The molecule has 2 aromatic carbocycles. The first-order chi connectivity index (χ1) is 10.1. The van der Waals surface area contributed by atoms with Crippen molar-refractivity contribution in [2.24, 2.45) is 12.0 Å². The molecular weight excluding hydrogens is 307 g/mol. The Morgan fingerprint density at radius 2 is 1.71 bits per heavy atom. The fraction of sp³-hybridized carbons (Fsp3) is 0.0625. The summed E-state index contributed by atoms with van der Waals surface area (Å²) in [5.74, 6) is -0.258. The second-order valence-corrected chi connectivity index (χ2v) is 5.83. The first-order valence-electron chi connectivity index (χ1n) is 6.34. The van der Waals surface area contributed by atoms with Gasteiger partial charge in [0.1, 0.15) is 5.82 Å². The van der Waals surface area contributed by atoms with Gasteiger partial charge in [0.05, 0.1) is 11.4 Å². The Labute approximate surface area is 130 Å². The van der Waals surface area contributed by atoms with E-state index in [9.17, 15) is 4.39 Å². The zero-order valence-electron chi connectivity index (χ0n) is 11.3. The predicted molar refractivity (Wildman–Crippen MR) is 85.4 cm³/mol. The monoisotopic (exact) mass is 318 g/mol. The van der Waals surface area contributed by atoms with Crippen LogP contribution in [0.15, 0.2) is 58.9 Å². The summed E-state index contributed by atoms with van der Waals surface area (Å²) in [6.45, 7) is 0. The third kappa shape index (κ3) is 3.06. The molecule has 0 spiro atoms. The van der Waals surface area contributed by atoms with Crippen LogP contribution in [0.1, 0.15) is 0 Å². The summed E-state index contributed by atoms with van der Waals surface area (Å²) in [5, 5.41) is 2.76.